The van der Waals surface area contributed by atoms with Gasteiger partial charge in [-0.25, -0.2) is 0 Å². The summed E-state index contributed by atoms with van der Waals surface area (Å²) in [5, 5.41) is 0. The Morgan fingerprint density at radius 2 is 2.19 bits per heavy atom. The molecule has 0 aromatic carbocycles. The van der Waals surface area contributed by atoms with Crippen molar-refractivity contribution in [2.24, 2.45) is 17.2 Å². The molecule has 21 heavy (non-hydrogen) atoms. The van der Waals surface area contributed by atoms with E-state index in [0.29, 0.717) is 23.3 Å². The minimum Gasteiger partial charge on any atom is -0.271 e. The Morgan fingerprint density at radius 3 is 2.86 bits per heavy atom. The number of aromatic nitrogens is 1. The van der Waals surface area contributed by atoms with Crippen LogP contribution in [0.2, 0.25) is 0 Å². The van der Waals surface area contributed by atoms with Crippen molar-refractivity contribution in [2.75, 3.05) is 0 Å². The molecule has 1 aromatic rings. The first-order valence-corrected chi connectivity index (χ1v) is 8.30. The number of pyridine rings is 1. The molecule has 1 aliphatic carbocycles. The zero-order valence-corrected chi connectivity index (χ0v) is 14.0. The van der Waals surface area contributed by atoms with Crippen LogP contribution in [-0.4, -0.2) is 11.0 Å². The average molecular weight is 289 g/mol. The number of nitrogens with one attached hydrogen (secondary N) is 1. The van der Waals surface area contributed by atoms with Gasteiger partial charge in [-0.3, -0.25) is 16.3 Å². The van der Waals surface area contributed by atoms with Crippen molar-refractivity contribution in [3.05, 3.63) is 29.6 Å². The van der Waals surface area contributed by atoms with E-state index in [1.54, 1.807) is 0 Å². The summed E-state index contributed by atoms with van der Waals surface area (Å²) in [6.45, 7) is 9.28. The minimum absolute atomic E-state index is 0.330. The Balaban J connectivity index is 2.08. The van der Waals surface area contributed by atoms with Crippen LogP contribution in [0.5, 0.6) is 0 Å². The van der Waals surface area contributed by atoms with E-state index in [-0.39, 0.29) is 0 Å². The molecule has 1 heterocycles. The Bertz CT molecular complexity index is 450. The fraction of sp³-hybridized carbons (Fsp3) is 0.722. The van der Waals surface area contributed by atoms with Gasteiger partial charge >= 0.3 is 0 Å². The summed E-state index contributed by atoms with van der Waals surface area (Å²) in [5.74, 6) is 7.02. The fourth-order valence-corrected chi connectivity index (χ4v) is 3.95. The van der Waals surface area contributed by atoms with Crippen LogP contribution in [-0.2, 0) is 6.42 Å². The van der Waals surface area contributed by atoms with E-state index in [1.165, 1.54) is 30.5 Å². The third kappa shape index (κ3) is 4.52. The highest BCUT2D eigenvalue weighted by molar-refractivity contribution is 5.27. The molecule has 3 unspecified atom stereocenters. The molecule has 0 bridgehead atoms. The average Bonchev–Trinajstić information content (AvgIpc) is 2.42. The lowest BCUT2D eigenvalue weighted by molar-refractivity contribution is 0.255. The van der Waals surface area contributed by atoms with E-state index in [1.807, 2.05) is 12.3 Å². The van der Waals surface area contributed by atoms with Gasteiger partial charge in [0.15, 0.2) is 0 Å². The molecule has 0 fully saturated rings. The van der Waals surface area contributed by atoms with E-state index < -0.39 is 0 Å². The second-order valence-electron chi connectivity index (χ2n) is 7.93. The summed E-state index contributed by atoms with van der Waals surface area (Å²) in [7, 11) is 0. The number of aryl methyl sites for hydroxylation is 1. The fourth-order valence-electron chi connectivity index (χ4n) is 3.95. The predicted molar refractivity (Wildman–Crippen MR) is 88.9 cm³/mol. The van der Waals surface area contributed by atoms with Gasteiger partial charge in [-0.05, 0) is 55.1 Å². The number of fused-ring (bicyclic) bond motifs is 1. The second-order valence-corrected chi connectivity index (χ2v) is 7.93. The maximum absolute atomic E-state index is 5.90. The molecule has 0 saturated carbocycles. The summed E-state index contributed by atoms with van der Waals surface area (Å²) >= 11 is 0. The van der Waals surface area contributed by atoms with Crippen molar-refractivity contribution in [3.63, 3.8) is 0 Å². The van der Waals surface area contributed by atoms with Gasteiger partial charge in [-0.15, -0.1) is 0 Å². The first kappa shape index (κ1) is 16.4. The van der Waals surface area contributed by atoms with Crippen LogP contribution in [0.4, 0.5) is 0 Å². The summed E-state index contributed by atoms with van der Waals surface area (Å²) in [6, 6.07) is 4.60. The van der Waals surface area contributed by atoms with Gasteiger partial charge < -0.3 is 0 Å². The highest BCUT2D eigenvalue weighted by Crippen LogP contribution is 2.36. The van der Waals surface area contributed by atoms with E-state index in [9.17, 15) is 0 Å². The van der Waals surface area contributed by atoms with Gasteiger partial charge in [0.05, 0.1) is 0 Å². The second kappa shape index (κ2) is 6.89. The highest BCUT2D eigenvalue weighted by atomic mass is 15.2. The summed E-state index contributed by atoms with van der Waals surface area (Å²) in [4.78, 5) is 4.66. The van der Waals surface area contributed by atoms with Crippen molar-refractivity contribution in [1.82, 2.24) is 10.4 Å². The molecule has 0 amide bonds. The molecule has 0 radical (unpaired) electrons. The molecule has 0 saturated heterocycles. The van der Waals surface area contributed by atoms with E-state index >= 15 is 0 Å². The third-order valence-corrected chi connectivity index (χ3v) is 4.56. The maximum atomic E-state index is 5.90. The van der Waals surface area contributed by atoms with Crippen LogP contribution in [0.25, 0.3) is 0 Å². The topological polar surface area (TPSA) is 50.9 Å². The molecule has 3 nitrogen and oxygen atoms in total. The van der Waals surface area contributed by atoms with Crippen molar-refractivity contribution < 1.29 is 0 Å². The Morgan fingerprint density at radius 1 is 1.43 bits per heavy atom. The molecule has 1 aromatic heterocycles. The van der Waals surface area contributed by atoms with Gasteiger partial charge in [-0.1, -0.05) is 33.8 Å². The summed E-state index contributed by atoms with van der Waals surface area (Å²) in [5.41, 5.74) is 6.15. The lowest BCUT2D eigenvalue weighted by atomic mass is 9.77. The van der Waals surface area contributed by atoms with E-state index in [2.05, 4.69) is 44.2 Å². The van der Waals surface area contributed by atoms with Gasteiger partial charge in [0, 0.05) is 23.9 Å². The third-order valence-electron chi connectivity index (χ3n) is 4.56. The molecule has 1 aliphatic rings. The number of nitrogens with zero attached hydrogens (tertiary/aromatic N) is 1. The van der Waals surface area contributed by atoms with Crippen molar-refractivity contribution in [1.29, 1.82) is 0 Å². The number of hydrazine groups is 1. The highest BCUT2D eigenvalue weighted by Gasteiger charge is 2.30. The standard InChI is InChI=1S/C18H31N3/c1-13(12-18(2,3)4)11-16(21-19)15-9-5-7-14-8-6-10-20-17(14)15/h6,8,10,13,15-16,21H,5,7,9,11-12,19H2,1-4H3. The summed E-state index contributed by atoms with van der Waals surface area (Å²) < 4.78 is 0. The van der Waals surface area contributed by atoms with Crippen molar-refractivity contribution in [3.8, 4) is 0 Å². The Hall–Kier alpha value is -0.930. The molecular weight excluding hydrogens is 258 g/mol. The smallest absolute Gasteiger partial charge is 0.0482 e. The molecule has 3 heteroatoms. The molecule has 3 N–H and O–H groups in total. The van der Waals surface area contributed by atoms with E-state index in [0.717, 1.165) is 12.8 Å². The molecular formula is C18H31N3. The Kier molecular flexibility index (Phi) is 5.39. The number of rotatable bonds is 5. The minimum atomic E-state index is 0.330. The zero-order valence-electron chi connectivity index (χ0n) is 14.0. The number of nitrogens with two attached hydrogens (primary N) is 1. The van der Waals surface area contributed by atoms with Crippen LogP contribution < -0.4 is 11.3 Å². The van der Waals surface area contributed by atoms with Crippen LogP contribution in [0.3, 0.4) is 0 Å². The number of hydrogen-bond donors (Lipinski definition) is 2. The molecule has 3 atom stereocenters. The summed E-state index contributed by atoms with van der Waals surface area (Å²) in [6.07, 6.45) is 7.87. The van der Waals surface area contributed by atoms with E-state index in [4.69, 9.17) is 5.84 Å². The Labute approximate surface area is 129 Å². The molecule has 2 rings (SSSR count). The van der Waals surface area contributed by atoms with Gasteiger partial charge in [-0.2, -0.15) is 0 Å². The SMILES string of the molecule is CC(CC(NN)C1CCCc2cccnc21)CC(C)(C)C. The van der Waals surface area contributed by atoms with Crippen molar-refractivity contribution >= 4 is 0 Å². The quantitative estimate of drug-likeness (QED) is 0.640. The molecule has 0 aliphatic heterocycles. The maximum Gasteiger partial charge on any atom is 0.0482 e. The molecule has 0 spiro atoms. The van der Waals surface area contributed by atoms with Crippen LogP contribution in [0.1, 0.15) is 70.6 Å². The van der Waals surface area contributed by atoms with Gasteiger partial charge in [0.1, 0.15) is 0 Å². The van der Waals surface area contributed by atoms with Crippen LogP contribution in [0, 0.1) is 11.3 Å². The zero-order chi connectivity index (χ0) is 15.5. The number of hydrogen-bond acceptors (Lipinski definition) is 3. The first-order valence-electron chi connectivity index (χ1n) is 8.30. The lowest BCUT2D eigenvalue weighted by Gasteiger charge is -2.33. The van der Waals surface area contributed by atoms with Crippen LogP contribution in [0.15, 0.2) is 18.3 Å². The predicted octanol–water partition coefficient (Wildman–Crippen LogP) is 3.80. The molecule has 118 valence electrons. The lowest BCUT2D eigenvalue weighted by Crippen LogP contribution is -2.42. The van der Waals surface area contributed by atoms with Crippen LogP contribution >= 0.6 is 0 Å². The van der Waals surface area contributed by atoms with Gasteiger partial charge in [0.25, 0.3) is 0 Å². The first-order chi connectivity index (χ1) is 9.90. The van der Waals surface area contributed by atoms with Gasteiger partial charge in [0.2, 0.25) is 0 Å². The monoisotopic (exact) mass is 289 g/mol. The van der Waals surface area contributed by atoms with Crippen molar-refractivity contribution in [2.45, 2.75) is 71.8 Å². The largest absolute Gasteiger partial charge is 0.271 e. The normalized spacial score (nSPS) is 21.7.